The molecule has 4 heteroatoms. The van der Waals surface area contributed by atoms with Crippen molar-refractivity contribution in [1.29, 1.82) is 0 Å². The molecule has 2 rings (SSSR count). The van der Waals surface area contributed by atoms with Gasteiger partial charge in [0.15, 0.2) is 0 Å². The summed E-state index contributed by atoms with van der Waals surface area (Å²) in [6.07, 6.45) is -0.356. The molecule has 1 aliphatic heterocycles. The van der Waals surface area contributed by atoms with Crippen LogP contribution < -0.4 is 4.90 Å². The maximum absolute atomic E-state index is 11.5. The number of nitrogens with zero attached hydrogens (tertiary/aromatic N) is 1. The lowest BCUT2D eigenvalue weighted by molar-refractivity contribution is -0.116. The molecule has 1 aliphatic rings. The fourth-order valence-electron chi connectivity index (χ4n) is 1.55. The van der Waals surface area contributed by atoms with E-state index in [0.29, 0.717) is 5.69 Å². The summed E-state index contributed by atoms with van der Waals surface area (Å²) in [4.78, 5) is 23.8. The van der Waals surface area contributed by atoms with Crippen molar-refractivity contribution in [1.82, 2.24) is 0 Å². The number of methoxy groups -OCH3 is 1. The molecule has 2 amide bonds. The number of anilines is 1. The van der Waals surface area contributed by atoms with E-state index < -0.39 is 6.09 Å². The first-order valence-electron chi connectivity index (χ1n) is 4.23. The van der Waals surface area contributed by atoms with Crippen LogP contribution in [0, 0.1) is 0 Å². The lowest BCUT2D eigenvalue weighted by Crippen LogP contribution is -2.33. The zero-order valence-corrected chi connectivity index (χ0v) is 7.69. The molecule has 0 radical (unpaired) electrons. The van der Waals surface area contributed by atoms with Gasteiger partial charge in [0.2, 0.25) is 5.91 Å². The van der Waals surface area contributed by atoms with Crippen LogP contribution in [0.15, 0.2) is 24.3 Å². The normalized spacial score (nSPS) is 14.1. The smallest absolute Gasteiger partial charge is 0.420 e. The standard InChI is InChI=1S/C10H9NO3/c1-14-10(13)11-8-5-3-2-4-7(8)6-9(11)12/h2-5H,6H2,1H3. The highest BCUT2D eigenvalue weighted by atomic mass is 16.5. The van der Waals surface area contributed by atoms with E-state index in [1.54, 1.807) is 12.1 Å². The van der Waals surface area contributed by atoms with E-state index in [1.807, 2.05) is 12.1 Å². The molecular weight excluding hydrogens is 182 g/mol. The van der Waals surface area contributed by atoms with E-state index in [2.05, 4.69) is 4.74 Å². The molecule has 0 spiro atoms. The largest absolute Gasteiger partial charge is 0.452 e. The first kappa shape index (κ1) is 8.74. The van der Waals surface area contributed by atoms with Crippen LogP contribution in [0.5, 0.6) is 0 Å². The van der Waals surface area contributed by atoms with Crippen molar-refractivity contribution >= 4 is 17.7 Å². The first-order chi connectivity index (χ1) is 6.74. The molecule has 0 saturated carbocycles. The third-order valence-corrected chi connectivity index (χ3v) is 2.18. The molecule has 1 aromatic carbocycles. The monoisotopic (exact) mass is 191 g/mol. The Morgan fingerprint density at radius 2 is 2.14 bits per heavy atom. The Morgan fingerprint density at radius 1 is 1.43 bits per heavy atom. The molecule has 0 saturated heterocycles. The number of carbonyl (C=O) groups excluding carboxylic acids is 2. The van der Waals surface area contributed by atoms with Crippen molar-refractivity contribution in [3.63, 3.8) is 0 Å². The summed E-state index contributed by atoms with van der Waals surface area (Å²) in [7, 11) is 1.26. The molecule has 0 aliphatic carbocycles. The van der Waals surface area contributed by atoms with Crippen LogP contribution in [0.1, 0.15) is 5.56 Å². The van der Waals surface area contributed by atoms with Crippen molar-refractivity contribution < 1.29 is 14.3 Å². The summed E-state index contributed by atoms with van der Waals surface area (Å²) in [5.74, 6) is -0.238. The molecule has 0 bridgehead atoms. The molecule has 0 aromatic heterocycles. The average Bonchev–Trinajstić information content (AvgIpc) is 2.53. The van der Waals surface area contributed by atoms with Crippen LogP contribution in [-0.4, -0.2) is 19.1 Å². The Kier molecular flexibility index (Phi) is 1.96. The van der Waals surface area contributed by atoms with Crippen molar-refractivity contribution in [3.8, 4) is 0 Å². The molecule has 0 fully saturated rings. The Balaban J connectivity index is 2.44. The second kappa shape index (κ2) is 3.14. The van der Waals surface area contributed by atoms with Gasteiger partial charge in [-0.1, -0.05) is 18.2 Å². The number of rotatable bonds is 0. The fraction of sp³-hybridized carbons (Fsp3) is 0.200. The third kappa shape index (κ3) is 1.16. The quantitative estimate of drug-likeness (QED) is 0.621. The van der Waals surface area contributed by atoms with E-state index in [0.717, 1.165) is 10.5 Å². The minimum absolute atomic E-state index is 0.238. The number of para-hydroxylation sites is 1. The van der Waals surface area contributed by atoms with Gasteiger partial charge in [-0.2, -0.15) is 0 Å². The van der Waals surface area contributed by atoms with Crippen LogP contribution >= 0.6 is 0 Å². The van der Waals surface area contributed by atoms with E-state index in [4.69, 9.17) is 0 Å². The molecule has 0 atom stereocenters. The predicted octanol–water partition coefficient (Wildman–Crippen LogP) is 1.34. The Morgan fingerprint density at radius 3 is 2.86 bits per heavy atom. The molecule has 0 unspecified atom stereocenters. The van der Waals surface area contributed by atoms with Crippen LogP contribution in [0.2, 0.25) is 0 Å². The van der Waals surface area contributed by atoms with E-state index in [-0.39, 0.29) is 12.3 Å². The van der Waals surface area contributed by atoms with Crippen LogP contribution in [0.3, 0.4) is 0 Å². The minimum Gasteiger partial charge on any atom is -0.452 e. The molecule has 14 heavy (non-hydrogen) atoms. The molecule has 1 heterocycles. The average molecular weight is 191 g/mol. The van der Waals surface area contributed by atoms with Crippen LogP contribution in [0.25, 0.3) is 0 Å². The predicted molar refractivity (Wildman–Crippen MR) is 50.0 cm³/mol. The number of benzene rings is 1. The van der Waals surface area contributed by atoms with E-state index >= 15 is 0 Å². The second-order valence-corrected chi connectivity index (χ2v) is 3.00. The number of ether oxygens (including phenoxy) is 1. The summed E-state index contributed by atoms with van der Waals surface area (Å²) in [5, 5.41) is 0. The second-order valence-electron chi connectivity index (χ2n) is 3.00. The molecule has 4 nitrogen and oxygen atoms in total. The van der Waals surface area contributed by atoms with Crippen molar-refractivity contribution in [2.75, 3.05) is 12.0 Å². The first-order valence-corrected chi connectivity index (χ1v) is 4.23. The third-order valence-electron chi connectivity index (χ3n) is 2.18. The molecule has 72 valence electrons. The Hall–Kier alpha value is -1.84. The van der Waals surface area contributed by atoms with Crippen LogP contribution in [0.4, 0.5) is 10.5 Å². The van der Waals surface area contributed by atoms with Gasteiger partial charge in [-0.3, -0.25) is 4.79 Å². The number of imide groups is 1. The topological polar surface area (TPSA) is 46.6 Å². The number of amides is 2. The van der Waals surface area contributed by atoms with Gasteiger partial charge in [-0.25, -0.2) is 9.69 Å². The zero-order valence-electron chi connectivity index (χ0n) is 7.69. The minimum atomic E-state index is -0.625. The fourth-order valence-corrected chi connectivity index (χ4v) is 1.55. The lowest BCUT2D eigenvalue weighted by Gasteiger charge is -2.12. The van der Waals surface area contributed by atoms with Gasteiger partial charge in [0.1, 0.15) is 0 Å². The summed E-state index contributed by atoms with van der Waals surface area (Å²) in [6, 6.07) is 7.19. The summed E-state index contributed by atoms with van der Waals surface area (Å²) in [6.45, 7) is 0. The molecular formula is C10H9NO3. The van der Waals surface area contributed by atoms with Crippen molar-refractivity contribution in [3.05, 3.63) is 29.8 Å². The van der Waals surface area contributed by atoms with Crippen LogP contribution in [-0.2, 0) is 16.0 Å². The Labute approximate surface area is 81.1 Å². The van der Waals surface area contributed by atoms with Crippen molar-refractivity contribution in [2.45, 2.75) is 6.42 Å². The number of carbonyl (C=O) groups is 2. The molecule has 1 aromatic rings. The lowest BCUT2D eigenvalue weighted by atomic mass is 10.2. The molecule has 0 N–H and O–H groups in total. The van der Waals surface area contributed by atoms with Gasteiger partial charge in [0.05, 0.1) is 19.2 Å². The number of hydrogen-bond donors (Lipinski definition) is 0. The van der Waals surface area contributed by atoms with E-state index in [9.17, 15) is 9.59 Å². The summed E-state index contributed by atoms with van der Waals surface area (Å²) >= 11 is 0. The van der Waals surface area contributed by atoms with Crippen molar-refractivity contribution in [2.24, 2.45) is 0 Å². The zero-order chi connectivity index (χ0) is 10.1. The van der Waals surface area contributed by atoms with Gasteiger partial charge in [0, 0.05) is 0 Å². The van der Waals surface area contributed by atoms with E-state index in [1.165, 1.54) is 7.11 Å². The maximum atomic E-state index is 11.5. The van der Waals surface area contributed by atoms with Gasteiger partial charge >= 0.3 is 6.09 Å². The SMILES string of the molecule is COC(=O)N1C(=O)Cc2ccccc21. The van der Waals surface area contributed by atoms with Gasteiger partial charge in [-0.15, -0.1) is 0 Å². The van der Waals surface area contributed by atoms with Gasteiger partial charge in [0.25, 0.3) is 0 Å². The highest BCUT2D eigenvalue weighted by Gasteiger charge is 2.32. The summed E-state index contributed by atoms with van der Waals surface area (Å²) < 4.78 is 4.53. The highest BCUT2D eigenvalue weighted by molar-refractivity contribution is 6.16. The van der Waals surface area contributed by atoms with Gasteiger partial charge < -0.3 is 4.74 Å². The summed E-state index contributed by atoms with van der Waals surface area (Å²) in [5.41, 5.74) is 1.49. The van der Waals surface area contributed by atoms with Gasteiger partial charge in [-0.05, 0) is 11.6 Å². The number of fused-ring (bicyclic) bond motifs is 1. The maximum Gasteiger partial charge on any atom is 0.420 e. The highest BCUT2D eigenvalue weighted by Crippen LogP contribution is 2.28. The Bertz CT molecular complexity index is 392. The number of hydrogen-bond acceptors (Lipinski definition) is 3.